The molecule has 5 rings (SSSR count). The Bertz CT molecular complexity index is 1380. The predicted octanol–water partition coefficient (Wildman–Crippen LogP) is 2.89. The molecule has 2 aliphatic rings. The van der Waals surface area contributed by atoms with Crippen LogP contribution in [-0.4, -0.2) is 42.6 Å². The number of rotatable bonds is 6. The Morgan fingerprint density at radius 2 is 1.97 bits per heavy atom. The molecule has 2 amide bonds. The summed E-state index contributed by atoms with van der Waals surface area (Å²) in [6, 6.07) is 8.43. The number of nitrogens with two attached hydrogens (primary N) is 1. The van der Waals surface area contributed by atoms with Crippen LogP contribution in [0.4, 0.5) is 17.1 Å². The van der Waals surface area contributed by atoms with Crippen LogP contribution < -0.4 is 25.8 Å². The zero-order valence-corrected chi connectivity index (χ0v) is 20.5. The van der Waals surface area contributed by atoms with Crippen LogP contribution in [0.15, 0.2) is 36.5 Å². The Hall–Kier alpha value is -4.05. The number of fused-ring (bicyclic) bond motifs is 3. The van der Waals surface area contributed by atoms with Gasteiger partial charge < -0.3 is 30.1 Å². The molecule has 1 atom stereocenters. The summed E-state index contributed by atoms with van der Waals surface area (Å²) in [5, 5.41) is 5.18. The molecule has 1 unspecified atom stereocenters. The van der Waals surface area contributed by atoms with Crippen molar-refractivity contribution in [2.45, 2.75) is 39.3 Å². The third kappa shape index (κ3) is 3.93. The number of aromatic nitrogens is 1. The second-order valence-corrected chi connectivity index (χ2v) is 9.02. The van der Waals surface area contributed by atoms with Crippen molar-refractivity contribution in [1.82, 2.24) is 4.57 Å². The number of benzene rings is 2. The Morgan fingerprint density at radius 3 is 2.67 bits per heavy atom. The zero-order chi connectivity index (χ0) is 25.6. The van der Waals surface area contributed by atoms with Gasteiger partial charge in [-0.3, -0.25) is 14.4 Å². The van der Waals surface area contributed by atoms with Gasteiger partial charge >= 0.3 is 5.97 Å². The molecule has 2 aromatic carbocycles. The van der Waals surface area contributed by atoms with Crippen LogP contribution in [-0.2, 0) is 32.2 Å². The molecule has 0 saturated heterocycles. The highest BCUT2D eigenvalue weighted by molar-refractivity contribution is 6.08. The summed E-state index contributed by atoms with van der Waals surface area (Å²) in [6.45, 7) is 4.59. The highest BCUT2D eigenvalue weighted by Crippen LogP contribution is 2.45. The largest absolute Gasteiger partial charge is 0.497 e. The zero-order valence-electron chi connectivity index (χ0n) is 20.5. The van der Waals surface area contributed by atoms with Gasteiger partial charge in [0, 0.05) is 55.3 Å². The average Bonchev–Trinajstić information content (AvgIpc) is 3.42. The molecule has 188 valence electrons. The molecule has 0 saturated carbocycles. The van der Waals surface area contributed by atoms with Crippen LogP contribution in [0.1, 0.15) is 37.4 Å². The van der Waals surface area contributed by atoms with Crippen LogP contribution in [0.5, 0.6) is 5.75 Å². The molecular weight excluding hydrogens is 462 g/mol. The molecule has 3 N–H and O–H groups in total. The monoisotopic (exact) mass is 491 g/mol. The molecule has 10 heteroatoms. The molecule has 0 bridgehead atoms. The number of anilines is 3. The van der Waals surface area contributed by atoms with Gasteiger partial charge in [-0.05, 0) is 55.3 Å². The Morgan fingerprint density at radius 1 is 1.17 bits per heavy atom. The van der Waals surface area contributed by atoms with Crippen molar-refractivity contribution in [2.75, 3.05) is 35.5 Å². The van der Waals surface area contributed by atoms with E-state index in [-0.39, 0.29) is 11.8 Å². The number of nitrogens with zero attached hydrogens (tertiary/aromatic N) is 3. The fraction of sp³-hybridized carbons (Fsp3) is 0.346. The number of aryl methyl sites for hydroxylation is 1. The van der Waals surface area contributed by atoms with E-state index in [1.54, 1.807) is 18.1 Å². The van der Waals surface area contributed by atoms with Crippen molar-refractivity contribution in [3.63, 3.8) is 0 Å². The molecule has 36 heavy (non-hydrogen) atoms. The molecule has 0 radical (unpaired) electrons. The summed E-state index contributed by atoms with van der Waals surface area (Å²) in [6.07, 6.45) is 3.35. The van der Waals surface area contributed by atoms with Crippen molar-refractivity contribution < 1.29 is 24.0 Å². The Kier molecular flexibility index (Phi) is 6.05. The van der Waals surface area contributed by atoms with Gasteiger partial charge in [0.15, 0.2) is 6.04 Å². The second kappa shape index (κ2) is 9.19. The molecule has 2 aliphatic heterocycles. The van der Waals surface area contributed by atoms with Crippen LogP contribution in [0.25, 0.3) is 10.9 Å². The van der Waals surface area contributed by atoms with E-state index in [1.165, 1.54) is 18.9 Å². The van der Waals surface area contributed by atoms with E-state index in [0.717, 1.165) is 28.6 Å². The Labute approximate surface area is 208 Å². The van der Waals surface area contributed by atoms with E-state index in [4.69, 9.17) is 15.3 Å². The molecule has 1 aromatic heterocycles. The van der Waals surface area contributed by atoms with Crippen molar-refractivity contribution in [3.8, 4) is 5.75 Å². The second-order valence-electron chi connectivity index (χ2n) is 9.02. The van der Waals surface area contributed by atoms with Gasteiger partial charge in [0.05, 0.1) is 12.8 Å². The highest BCUT2D eigenvalue weighted by Gasteiger charge is 2.40. The smallest absolute Gasteiger partial charge is 0.329 e. The maximum atomic E-state index is 13.6. The van der Waals surface area contributed by atoms with Gasteiger partial charge in [0.1, 0.15) is 11.4 Å². The first-order chi connectivity index (χ1) is 17.3. The number of hydrogen-bond acceptors (Lipinski definition) is 7. The quantitative estimate of drug-likeness (QED) is 0.544. The molecule has 0 fully saturated rings. The molecular formula is C26H29N5O5. The van der Waals surface area contributed by atoms with Crippen LogP contribution in [0, 0.1) is 0 Å². The minimum Gasteiger partial charge on any atom is -0.497 e. The number of carbonyl (C=O) groups excluding carboxylic acids is 3. The fourth-order valence-electron chi connectivity index (χ4n) is 5.08. The lowest BCUT2D eigenvalue weighted by molar-refractivity contribution is -0.144. The van der Waals surface area contributed by atoms with E-state index in [0.29, 0.717) is 48.7 Å². The first-order valence-corrected chi connectivity index (χ1v) is 11.9. The summed E-state index contributed by atoms with van der Waals surface area (Å²) in [5.41, 5.74) is 10.1. The summed E-state index contributed by atoms with van der Waals surface area (Å²) in [7, 11) is 1.59. The van der Waals surface area contributed by atoms with Gasteiger partial charge in [-0.15, -0.1) is 0 Å². The van der Waals surface area contributed by atoms with Crippen LogP contribution in [0.3, 0.4) is 0 Å². The number of carbonyl (C=O) groups is 3. The van der Waals surface area contributed by atoms with Crippen molar-refractivity contribution in [1.29, 1.82) is 0 Å². The van der Waals surface area contributed by atoms with Crippen LogP contribution in [0.2, 0.25) is 0 Å². The minimum absolute atomic E-state index is 0.0650. The van der Waals surface area contributed by atoms with E-state index < -0.39 is 12.0 Å². The van der Waals surface area contributed by atoms with Crippen molar-refractivity contribution in [2.24, 2.45) is 5.73 Å². The van der Waals surface area contributed by atoms with Crippen molar-refractivity contribution in [3.05, 3.63) is 47.7 Å². The lowest BCUT2D eigenvalue weighted by atomic mass is 10.00. The average molecular weight is 492 g/mol. The predicted molar refractivity (Wildman–Crippen MR) is 136 cm³/mol. The summed E-state index contributed by atoms with van der Waals surface area (Å²) in [4.78, 5) is 45.2. The van der Waals surface area contributed by atoms with E-state index in [9.17, 15) is 14.4 Å². The van der Waals surface area contributed by atoms with Gasteiger partial charge in [-0.25, -0.2) is 0 Å². The Balaban J connectivity index is 1.67. The first-order valence-electron chi connectivity index (χ1n) is 11.9. The maximum absolute atomic E-state index is 13.6. The molecule has 0 aliphatic carbocycles. The standard InChI is InChI=1S/C26H29N5O5/c1-15(32)30-10-7-17-11-24-21(13-23(17)30)28-26(34)25(31(24)36-16(2)33)20-14-29(9-4-8-27)22-6-5-18(35-3)12-19(20)22/h5-6,11-14,25H,4,7-10,27H2,1-3H3,(H,28,34). The van der Waals surface area contributed by atoms with E-state index in [1.807, 2.05) is 30.5 Å². The number of nitrogens with one attached hydrogen (secondary N) is 1. The number of hydrogen-bond donors (Lipinski definition) is 2. The van der Waals surface area contributed by atoms with Gasteiger partial charge in [-0.2, -0.15) is 5.06 Å². The normalized spacial score (nSPS) is 16.6. The van der Waals surface area contributed by atoms with Gasteiger partial charge in [-0.1, -0.05) is 0 Å². The maximum Gasteiger partial charge on any atom is 0.329 e. The van der Waals surface area contributed by atoms with Gasteiger partial charge in [0.25, 0.3) is 5.91 Å². The third-order valence-corrected chi connectivity index (χ3v) is 6.69. The lowest BCUT2D eigenvalue weighted by Crippen LogP contribution is -2.42. The van der Waals surface area contributed by atoms with E-state index >= 15 is 0 Å². The van der Waals surface area contributed by atoms with Crippen molar-refractivity contribution >= 4 is 45.7 Å². The van der Waals surface area contributed by atoms with E-state index in [2.05, 4.69) is 9.88 Å². The molecule has 0 spiro atoms. The fourth-order valence-corrected chi connectivity index (χ4v) is 5.08. The number of methoxy groups -OCH3 is 1. The number of amides is 2. The molecule has 3 heterocycles. The van der Waals surface area contributed by atoms with Gasteiger partial charge in [0.2, 0.25) is 5.91 Å². The van der Waals surface area contributed by atoms with Crippen LogP contribution >= 0.6 is 0 Å². The topological polar surface area (TPSA) is 119 Å². The minimum atomic E-state index is -0.932. The number of ether oxygens (including phenoxy) is 1. The summed E-state index contributed by atoms with van der Waals surface area (Å²) in [5.74, 6) is -0.310. The third-order valence-electron chi connectivity index (χ3n) is 6.69. The first kappa shape index (κ1) is 23.7. The lowest BCUT2D eigenvalue weighted by Gasteiger charge is -2.36. The SMILES string of the molecule is COc1ccc2c(c1)c(C1C(=O)Nc3cc4c(cc3N1OC(C)=O)CCN4C(C)=O)cn2CCCN. The molecule has 3 aromatic rings. The summed E-state index contributed by atoms with van der Waals surface area (Å²) >= 11 is 0. The summed E-state index contributed by atoms with van der Waals surface area (Å²) < 4.78 is 7.50. The number of hydroxylamine groups is 1. The highest BCUT2D eigenvalue weighted by atomic mass is 16.7. The molecule has 10 nitrogen and oxygen atoms in total.